The third-order valence-electron chi connectivity index (χ3n) is 2.87. The number of carbonyl (C=O) groups excluding carboxylic acids is 1. The lowest BCUT2D eigenvalue weighted by molar-refractivity contribution is 0.0773. The molecule has 0 bridgehead atoms. The van der Waals surface area contributed by atoms with E-state index in [2.05, 4.69) is 0 Å². The number of carbonyl (C=O) groups is 1. The number of methoxy groups -OCH3 is 1. The summed E-state index contributed by atoms with van der Waals surface area (Å²) < 4.78 is 15.5. The lowest BCUT2D eigenvalue weighted by Crippen LogP contribution is -2.30. The van der Waals surface area contributed by atoms with E-state index in [4.69, 9.17) is 13.9 Å². The summed E-state index contributed by atoms with van der Waals surface area (Å²) in [6.07, 6.45) is 2.91. The summed E-state index contributed by atoms with van der Waals surface area (Å²) in [6.45, 7) is 0.919. The molecule has 5 nitrogen and oxygen atoms in total. The largest absolute Gasteiger partial charge is 0.497 e. The molecule has 0 saturated heterocycles. The second kappa shape index (κ2) is 6.65. The average Bonchev–Trinajstić information content (AvgIpc) is 3.01. The standard InChI is InChI=1S/C15H17NO4/c1-16(15(17)12-7-9-19-11-12)8-10-20-14-5-3-13(18-2)4-6-14/h3-7,9,11H,8,10H2,1-2H3. The Morgan fingerprint density at radius 1 is 1.20 bits per heavy atom. The number of nitrogens with zero attached hydrogens (tertiary/aromatic N) is 1. The second-order valence-corrected chi connectivity index (χ2v) is 4.26. The van der Waals surface area contributed by atoms with Gasteiger partial charge in [0.05, 0.1) is 25.5 Å². The van der Waals surface area contributed by atoms with Crippen LogP contribution in [0.2, 0.25) is 0 Å². The topological polar surface area (TPSA) is 51.9 Å². The normalized spacial score (nSPS) is 10.1. The van der Waals surface area contributed by atoms with Crippen LogP contribution in [-0.4, -0.2) is 38.1 Å². The first-order valence-electron chi connectivity index (χ1n) is 6.25. The maximum Gasteiger partial charge on any atom is 0.256 e. The number of rotatable bonds is 6. The monoisotopic (exact) mass is 275 g/mol. The van der Waals surface area contributed by atoms with Gasteiger partial charge in [0.2, 0.25) is 0 Å². The highest BCUT2D eigenvalue weighted by atomic mass is 16.5. The van der Waals surface area contributed by atoms with Crippen molar-refractivity contribution in [1.29, 1.82) is 0 Å². The number of furan rings is 1. The molecule has 1 heterocycles. The first kappa shape index (κ1) is 14.0. The van der Waals surface area contributed by atoms with Crippen LogP contribution in [0.1, 0.15) is 10.4 Å². The summed E-state index contributed by atoms with van der Waals surface area (Å²) in [5, 5.41) is 0. The number of likely N-dealkylation sites (N-methyl/N-ethyl adjacent to an activating group) is 1. The van der Waals surface area contributed by atoms with Crippen molar-refractivity contribution in [2.24, 2.45) is 0 Å². The number of hydrogen-bond acceptors (Lipinski definition) is 4. The first-order chi connectivity index (χ1) is 9.70. The summed E-state index contributed by atoms with van der Waals surface area (Å²) in [4.78, 5) is 13.5. The van der Waals surface area contributed by atoms with E-state index in [0.29, 0.717) is 18.7 Å². The SMILES string of the molecule is COc1ccc(OCCN(C)C(=O)c2ccoc2)cc1. The molecule has 0 unspecified atom stereocenters. The number of benzene rings is 1. The van der Waals surface area contributed by atoms with Crippen LogP contribution in [0, 0.1) is 0 Å². The predicted octanol–water partition coefficient (Wildman–Crippen LogP) is 2.44. The number of amides is 1. The Bertz CT molecular complexity index is 534. The molecule has 0 fully saturated rings. The molecule has 0 spiro atoms. The molecule has 0 saturated carbocycles. The third kappa shape index (κ3) is 3.54. The maximum absolute atomic E-state index is 11.9. The van der Waals surface area contributed by atoms with E-state index in [1.54, 1.807) is 25.1 Å². The summed E-state index contributed by atoms with van der Waals surface area (Å²) in [5.41, 5.74) is 0.539. The molecule has 0 atom stereocenters. The molecule has 1 amide bonds. The van der Waals surface area contributed by atoms with Gasteiger partial charge < -0.3 is 18.8 Å². The highest BCUT2D eigenvalue weighted by Gasteiger charge is 2.12. The Hall–Kier alpha value is -2.43. The van der Waals surface area contributed by atoms with Crippen molar-refractivity contribution >= 4 is 5.91 Å². The Balaban J connectivity index is 1.78. The fourth-order valence-electron chi connectivity index (χ4n) is 1.68. The van der Waals surface area contributed by atoms with Gasteiger partial charge in [0, 0.05) is 7.05 Å². The maximum atomic E-state index is 11.9. The fraction of sp³-hybridized carbons (Fsp3) is 0.267. The molecule has 2 aromatic rings. The van der Waals surface area contributed by atoms with Crippen molar-refractivity contribution in [3.8, 4) is 11.5 Å². The van der Waals surface area contributed by atoms with Crippen LogP contribution in [0.15, 0.2) is 47.3 Å². The summed E-state index contributed by atoms with van der Waals surface area (Å²) in [5.74, 6) is 1.44. The van der Waals surface area contributed by atoms with E-state index in [-0.39, 0.29) is 5.91 Å². The Morgan fingerprint density at radius 2 is 1.90 bits per heavy atom. The van der Waals surface area contributed by atoms with Gasteiger partial charge in [-0.05, 0) is 30.3 Å². The Kier molecular flexibility index (Phi) is 4.65. The number of ether oxygens (including phenoxy) is 2. The van der Waals surface area contributed by atoms with Crippen molar-refractivity contribution in [3.05, 3.63) is 48.4 Å². The van der Waals surface area contributed by atoms with E-state index in [1.807, 2.05) is 24.3 Å². The van der Waals surface area contributed by atoms with Gasteiger partial charge in [-0.2, -0.15) is 0 Å². The van der Waals surface area contributed by atoms with Crippen molar-refractivity contribution in [2.75, 3.05) is 27.3 Å². The molecule has 1 aromatic heterocycles. The molecule has 5 heteroatoms. The molecule has 20 heavy (non-hydrogen) atoms. The van der Waals surface area contributed by atoms with Gasteiger partial charge in [-0.25, -0.2) is 0 Å². The van der Waals surface area contributed by atoms with Crippen molar-refractivity contribution in [3.63, 3.8) is 0 Å². The molecular formula is C15H17NO4. The molecule has 0 aliphatic rings. The Labute approximate surface area is 117 Å². The lowest BCUT2D eigenvalue weighted by Gasteiger charge is -2.16. The molecule has 2 rings (SSSR count). The molecular weight excluding hydrogens is 258 g/mol. The summed E-state index contributed by atoms with van der Waals surface area (Å²) >= 11 is 0. The van der Waals surface area contributed by atoms with Gasteiger partial charge in [0.25, 0.3) is 5.91 Å². The molecule has 0 aliphatic heterocycles. The van der Waals surface area contributed by atoms with Crippen LogP contribution in [-0.2, 0) is 0 Å². The lowest BCUT2D eigenvalue weighted by atomic mass is 10.3. The van der Waals surface area contributed by atoms with Crippen LogP contribution < -0.4 is 9.47 Å². The quantitative estimate of drug-likeness (QED) is 0.812. The van der Waals surface area contributed by atoms with Gasteiger partial charge in [0.15, 0.2) is 0 Å². The minimum Gasteiger partial charge on any atom is -0.497 e. The van der Waals surface area contributed by atoms with Gasteiger partial charge in [0.1, 0.15) is 24.4 Å². The van der Waals surface area contributed by atoms with E-state index in [9.17, 15) is 4.79 Å². The van der Waals surface area contributed by atoms with Gasteiger partial charge in [-0.15, -0.1) is 0 Å². The van der Waals surface area contributed by atoms with Gasteiger partial charge in [-0.3, -0.25) is 4.79 Å². The van der Waals surface area contributed by atoms with E-state index in [1.165, 1.54) is 12.5 Å². The second-order valence-electron chi connectivity index (χ2n) is 4.26. The minimum absolute atomic E-state index is 0.0860. The number of hydrogen-bond donors (Lipinski definition) is 0. The van der Waals surface area contributed by atoms with Crippen LogP contribution in [0.5, 0.6) is 11.5 Å². The van der Waals surface area contributed by atoms with Crippen molar-refractivity contribution in [2.45, 2.75) is 0 Å². The minimum atomic E-state index is -0.0860. The van der Waals surface area contributed by atoms with Gasteiger partial charge in [-0.1, -0.05) is 0 Å². The van der Waals surface area contributed by atoms with Crippen LogP contribution in [0.4, 0.5) is 0 Å². The third-order valence-corrected chi connectivity index (χ3v) is 2.87. The van der Waals surface area contributed by atoms with Gasteiger partial charge >= 0.3 is 0 Å². The highest BCUT2D eigenvalue weighted by Crippen LogP contribution is 2.16. The zero-order valence-electron chi connectivity index (χ0n) is 11.5. The molecule has 0 aliphatic carbocycles. The fourth-order valence-corrected chi connectivity index (χ4v) is 1.68. The van der Waals surface area contributed by atoms with Crippen LogP contribution in [0.3, 0.4) is 0 Å². The van der Waals surface area contributed by atoms with Crippen molar-refractivity contribution in [1.82, 2.24) is 4.90 Å². The first-order valence-corrected chi connectivity index (χ1v) is 6.25. The smallest absolute Gasteiger partial charge is 0.256 e. The Morgan fingerprint density at radius 3 is 2.50 bits per heavy atom. The van der Waals surface area contributed by atoms with E-state index < -0.39 is 0 Å². The zero-order chi connectivity index (χ0) is 14.4. The molecule has 1 aromatic carbocycles. The molecule has 106 valence electrons. The van der Waals surface area contributed by atoms with E-state index >= 15 is 0 Å². The van der Waals surface area contributed by atoms with Crippen molar-refractivity contribution < 1.29 is 18.7 Å². The predicted molar refractivity (Wildman–Crippen MR) is 74.2 cm³/mol. The zero-order valence-corrected chi connectivity index (χ0v) is 11.5. The van der Waals surface area contributed by atoms with Crippen LogP contribution >= 0.6 is 0 Å². The summed E-state index contributed by atoms with van der Waals surface area (Å²) in [7, 11) is 3.35. The molecule has 0 radical (unpaired) electrons. The highest BCUT2D eigenvalue weighted by molar-refractivity contribution is 5.93. The molecule has 0 N–H and O–H groups in total. The van der Waals surface area contributed by atoms with Crippen LogP contribution in [0.25, 0.3) is 0 Å². The summed E-state index contributed by atoms with van der Waals surface area (Å²) in [6, 6.07) is 8.96. The average molecular weight is 275 g/mol. The van der Waals surface area contributed by atoms with E-state index in [0.717, 1.165) is 11.5 Å².